The van der Waals surface area contributed by atoms with Gasteiger partial charge in [0.25, 0.3) is 0 Å². The zero-order chi connectivity index (χ0) is 10.6. The summed E-state index contributed by atoms with van der Waals surface area (Å²) < 4.78 is 0. The Hall–Kier alpha value is -0.880. The molecule has 0 aromatic rings. The molecule has 1 saturated heterocycles. The van der Waals surface area contributed by atoms with Gasteiger partial charge < -0.3 is 0 Å². The number of ketones is 1. The summed E-state index contributed by atoms with van der Waals surface area (Å²) >= 11 is 0. The zero-order valence-corrected chi connectivity index (χ0v) is 8.99. The Labute approximate surface area is 85.7 Å². The molecule has 1 rings (SSSR count). The Balaban J connectivity index is 2.58. The molecule has 0 aromatic carbocycles. The fraction of sp³-hybridized carbons (Fsp3) is 0.818. The summed E-state index contributed by atoms with van der Waals surface area (Å²) in [6.45, 7) is 5.60. The maximum atomic E-state index is 11.5. The van der Waals surface area contributed by atoms with E-state index in [1.165, 1.54) is 0 Å². The van der Waals surface area contributed by atoms with E-state index in [4.69, 9.17) is 5.26 Å². The first-order valence-electron chi connectivity index (χ1n) is 5.39. The molecule has 3 heteroatoms. The summed E-state index contributed by atoms with van der Waals surface area (Å²) in [5, 5.41) is 8.93. The van der Waals surface area contributed by atoms with Gasteiger partial charge in [-0.05, 0) is 12.8 Å². The smallest absolute Gasteiger partial charge is 0.138 e. The number of hydrogen-bond acceptors (Lipinski definition) is 3. The first-order valence-corrected chi connectivity index (χ1v) is 5.39. The monoisotopic (exact) mass is 194 g/mol. The predicted molar refractivity (Wildman–Crippen MR) is 54.7 cm³/mol. The Bertz CT molecular complexity index is 244. The van der Waals surface area contributed by atoms with Crippen molar-refractivity contribution < 1.29 is 4.79 Å². The number of nitriles is 1. The summed E-state index contributed by atoms with van der Waals surface area (Å²) in [5.74, 6) is 0.530. The quantitative estimate of drug-likeness (QED) is 0.685. The van der Waals surface area contributed by atoms with E-state index < -0.39 is 0 Å². The van der Waals surface area contributed by atoms with Gasteiger partial charge in [-0.15, -0.1) is 0 Å². The third-order valence-electron chi connectivity index (χ3n) is 3.02. The van der Waals surface area contributed by atoms with E-state index in [0.29, 0.717) is 12.2 Å². The van der Waals surface area contributed by atoms with E-state index in [-0.39, 0.29) is 12.0 Å². The molecule has 0 saturated carbocycles. The van der Waals surface area contributed by atoms with Crippen LogP contribution >= 0.6 is 0 Å². The van der Waals surface area contributed by atoms with Crippen LogP contribution in [0.15, 0.2) is 0 Å². The van der Waals surface area contributed by atoms with Crippen LogP contribution in [0.3, 0.4) is 0 Å². The lowest BCUT2D eigenvalue weighted by atomic mass is 9.93. The minimum atomic E-state index is -0.00264. The highest BCUT2D eigenvalue weighted by atomic mass is 16.1. The van der Waals surface area contributed by atoms with E-state index >= 15 is 0 Å². The molecule has 3 nitrogen and oxygen atoms in total. The van der Waals surface area contributed by atoms with Crippen LogP contribution in [-0.4, -0.2) is 29.8 Å². The third kappa shape index (κ3) is 2.33. The Morgan fingerprint density at radius 3 is 2.86 bits per heavy atom. The molecule has 2 atom stereocenters. The molecule has 0 aliphatic carbocycles. The van der Waals surface area contributed by atoms with Crippen molar-refractivity contribution in [1.29, 1.82) is 5.26 Å². The van der Waals surface area contributed by atoms with Crippen molar-refractivity contribution in [2.45, 2.75) is 39.2 Å². The maximum absolute atomic E-state index is 11.5. The van der Waals surface area contributed by atoms with Gasteiger partial charge in [0.05, 0.1) is 12.1 Å². The molecule has 78 valence electrons. The molecule has 0 amide bonds. The van der Waals surface area contributed by atoms with Crippen molar-refractivity contribution >= 4 is 5.78 Å². The summed E-state index contributed by atoms with van der Waals surface area (Å²) in [6.07, 6.45) is 2.37. The second kappa shape index (κ2) is 5.11. The number of carbonyl (C=O) groups excluding carboxylic acids is 1. The molecule has 0 N–H and O–H groups in total. The van der Waals surface area contributed by atoms with Gasteiger partial charge in [0.15, 0.2) is 0 Å². The number of Topliss-reactive ketones (excluding diaryl/α,β-unsaturated/α-hetero) is 1. The van der Waals surface area contributed by atoms with E-state index in [9.17, 15) is 4.79 Å². The van der Waals surface area contributed by atoms with Gasteiger partial charge in [0, 0.05) is 25.4 Å². The molecule has 1 aliphatic heterocycles. The van der Waals surface area contributed by atoms with Crippen LogP contribution in [-0.2, 0) is 4.79 Å². The van der Waals surface area contributed by atoms with E-state index in [0.717, 1.165) is 25.9 Å². The van der Waals surface area contributed by atoms with Crippen molar-refractivity contribution in [1.82, 2.24) is 4.90 Å². The van der Waals surface area contributed by atoms with E-state index in [1.807, 2.05) is 13.8 Å². The molecular formula is C11H18N2O. The summed E-state index contributed by atoms with van der Waals surface area (Å²) in [7, 11) is 0. The Kier molecular flexibility index (Phi) is 4.09. The number of piperidine rings is 1. The van der Waals surface area contributed by atoms with Gasteiger partial charge in [-0.3, -0.25) is 9.69 Å². The molecule has 0 aromatic heterocycles. The third-order valence-corrected chi connectivity index (χ3v) is 3.02. The lowest BCUT2D eigenvalue weighted by Crippen LogP contribution is -2.45. The van der Waals surface area contributed by atoms with Gasteiger partial charge in [-0.1, -0.05) is 13.8 Å². The number of likely N-dealkylation sites (tertiary alicyclic amines) is 1. The van der Waals surface area contributed by atoms with Crippen molar-refractivity contribution in [3.63, 3.8) is 0 Å². The first-order chi connectivity index (χ1) is 6.72. The molecule has 0 radical (unpaired) electrons. The Morgan fingerprint density at radius 1 is 1.64 bits per heavy atom. The fourth-order valence-corrected chi connectivity index (χ4v) is 2.01. The highest BCUT2D eigenvalue weighted by molar-refractivity contribution is 5.82. The topological polar surface area (TPSA) is 44.1 Å². The maximum Gasteiger partial charge on any atom is 0.138 e. The highest BCUT2D eigenvalue weighted by Gasteiger charge is 2.28. The van der Waals surface area contributed by atoms with E-state index in [1.54, 1.807) is 0 Å². The molecule has 1 heterocycles. The molecule has 0 spiro atoms. The SMILES string of the molecule is CCC1CN(C(C#N)CC)CCC1=O. The van der Waals surface area contributed by atoms with Crippen LogP contribution in [0.25, 0.3) is 0 Å². The first kappa shape index (κ1) is 11.2. The van der Waals surface area contributed by atoms with Crippen molar-refractivity contribution in [2.75, 3.05) is 13.1 Å². The molecule has 14 heavy (non-hydrogen) atoms. The number of hydrogen-bond donors (Lipinski definition) is 0. The predicted octanol–water partition coefficient (Wildman–Crippen LogP) is 1.59. The van der Waals surface area contributed by atoms with Gasteiger partial charge in [0.2, 0.25) is 0 Å². The van der Waals surface area contributed by atoms with Crippen molar-refractivity contribution in [3.05, 3.63) is 0 Å². The molecule has 1 aliphatic rings. The van der Waals surface area contributed by atoms with Gasteiger partial charge in [0.1, 0.15) is 5.78 Å². The second-order valence-electron chi connectivity index (χ2n) is 3.87. The molecule has 0 bridgehead atoms. The highest BCUT2D eigenvalue weighted by Crippen LogP contribution is 2.18. The van der Waals surface area contributed by atoms with Gasteiger partial charge in [-0.25, -0.2) is 0 Å². The van der Waals surface area contributed by atoms with Crippen LogP contribution in [0, 0.1) is 17.2 Å². The summed E-state index contributed by atoms with van der Waals surface area (Å²) in [6, 6.07) is 2.29. The molecular weight excluding hydrogens is 176 g/mol. The summed E-state index contributed by atoms with van der Waals surface area (Å²) in [4.78, 5) is 13.6. The van der Waals surface area contributed by atoms with Gasteiger partial charge in [-0.2, -0.15) is 5.26 Å². The lowest BCUT2D eigenvalue weighted by molar-refractivity contribution is -0.126. The van der Waals surface area contributed by atoms with Crippen LogP contribution < -0.4 is 0 Å². The molecule has 2 unspecified atom stereocenters. The minimum absolute atomic E-state index is 0.00264. The average Bonchev–Trinajstić information content (AvgIpc) is 2.22. The zero-order valence-electron chi connectivity index (χ0n) is 8.99. The van der Waals surface area contributed by atoms with E-state index in [2.05, 4.69) is 11.0 Å². The largest absolute Gasteiger partial charge is 0.299 e. The average molecular weight is 194 g/mol. The lowest BCUT2D eigenvalue weighted by Gasteiger charge is -2.33. The number of carbonyl (C=O) groups is 1. The Morgan fingerprint density at radius 2 is 2.36 bits per heavy atom. The van der Waals surface area contributed by atoms with Crippen LogP contribution in [0.4, 0.5) is 0 Å². The number of rotatable bonds is 3. The standard InChI is InChI=1S/C11H18N2O/c1-3-9-8-13(6-5-11(9)14)10(4-2)7-12/h9-10H,3-6,8H2,1-2H3. The van der Waals surface area contributed by atoms with Crippen molar-refractivity contribution in [3.8, 4) is 6.07 Å². The van der Waals surface area contributed by atoms with Crippen molar-refractivity contribution in [2.24, 2.45) is 5.92 Å². The van der Waals surface area contributed by atoms with Crippen LogP contribution in [0.2, 0.25) is 0 Å². The number of nitrogens with zero attached hydrogens (tertiary/aromatic N) is 2. The normalized spacial score (nSPS) is 25.8. The fourth-order valence-electron chi connectivity index (χ4n) is 2.01. The van der Waals surface area contributed by atoms with Gasteiger partial charge >= 0.3 is 0 Å². The minimum Gasteiger partial charge on any atom is -0.299 e. The van der Waals surface area contributed by atoms with Crippen LogP contribution in [0.1, 0.15) is 33.1 Å². The van der Waals surface area contributed by atoms with Crippen LogP contribution in [0.5, 0.6) is 0 Å². The second-order valence-corrected chi connectivity index (χ2v) is 3.87. The summed E-state index contributed by atoms with van der Waals surface area (Å²) in [5.41, 5.74) is 0. The molecule has 1 fully saturated rings.